The van der Waals surface area contributed by atoms with Gasteiger partial charge in [0.2, 0.25) is 11.8 Å². The standard InChI is InChI=1S/C15H17FN2O2/c1-3-8-17-15(20)12-9-13(19)18(2)14(12)10-4-6-11(16)7-5-10/h3-7,12,14H,1,8-9H2,2H3,(H,17,20)/t12-,14-/m0/s1. The molecule has 5 heteroatoms. The summed E-state index contributed by atoms with van der Waals surface area (Å²) in [7, 11) is 1.66. The Balaban J connectivity index is 2.26. The molecule has 2 atom stereocenters. The summed E-state index contributed by atoms with van der Waals surface area (Å²) >= 11 is 0. The highest BCUT2D eigenvalue weighted by Gasteiger charge is 2.42. The van der Waals surface area contributed by atoms with Crippen LogP contribution in [-0.4, -0.2) is 30.3 Å². The van der Waals surface area contributed by atoms with Crippen molar-refractivity contribution < 1.29 is 14.0 Å². The molecule has 1 aromatic rings. The average Bonchev–Trinajstić information content (AvgIpc) is 2.73. The zero-order valence-corrected chi connectivity index (χ0v) is 11.3. The first-order chi connectivity index (χ1) is 9.54. The number of benzene rings is 1. The summed E-state index contributed by atoms with van der Waals surface area (Å²) in [5, 5.41) is 2.72. The lowest BCUT2D eigenvalue weighted by Crippen LogP contribution is -2.34. The van der Waals surface area contributed by atoms with E-state index in [1.54, 1.807) is 30.2 Å². The molecule has 0 radical (unpaired) electrons. The zero-order valence-electron chi connectivity index (χ0n) is 11.3. The third-order valence-corrected chi connectivity index (χ3v) is 3.56. The van der Waals surface area contributed by atoms with Crippen LogP contribution in [0.4, 0.5) is 4.39 Å². The Bertz CT molecular complexity index is 527. The van der Waals surface area contributed by atoms with E-state index in [0.717, 1.165) is 5.56 Å². The van der Waals surface area contributed by atoms with Gasteiger partial charge in [0, 0.05) is 20.0 Å². The van der Waals surface area contributed by atoms with Gasteiger partial charge in [0.05, 0.1) is 12.0 Å². The number of hydrogen-bond donors (Lipinski definition) is 1. The average molecular weight is 276 g/mol. The van der Waals surface area contributed by atoms with Gasteiger partial charge in [-0.3, -0.25) is 9.59 Å². The second kappa shape index (κ2) is 5.86. The first kappa shape index (κ1) is 14.2. The maximum absolute atomic E-state index is 13.0. The van der Waals surface area contributed by atoms with Crippen molar-refractivity contribution in [1.29, 1.82) is 0 Å². The summed E-state index contributed by atoms with van der Waals surface area (Å²) < 4.78 is 13.0. The number of rotatable bonds is 4. The predicted molar refractivity (Wildman–Crippen MR) is 73.2 cm³/mol. The minimum Gasteiger partial charge on any atom is -0.352 e. The number of carbonyl (C=O) groups is 2. The number of nitrogens with one attached hydrogen (secondary N) is 1. The molecule has 1 heterocycles. The van der Waals surface area contributed by atoms with Crippen molar-refractivity contribution in [3.8, 4) is 0 Å². The van der Waals surface area contributed by atoms with E-state index in [2.05, 4.69) is 11.9 Å². The Hall–Kier alpha value is -2.17. The molecule has 0 aromatic heterocycles. The molecule has 0 spiro atoms. The fourth-order valence-electron chi connectivity index (χ4n) is 2.52. The Morgan fingerprint density at radius 2 is 2.15 bits per heavy atom. The van der Waals surface area contributed by atoms with Crippen molar-refractivity contribution in [2.75, 3.05) is 13.6 Å². The van der Waals surface area contributed by atoms with Crippen LogP contribution < -0.4 is 5.32 Å². The molecule has 1 aliphatic heterocycles. The molecule has 0 unspecified atom stereocenters. The molecule has 1 aliphatic rings. The van der Waals surface area contributed by atoms with Gasteiger partial charge in [0.25, 0.3) is 0 Å². The summed E-state index contributed by atoms with van der Waals surface area (Å²) in [6.45, 7) is 3.91. The molecule has 0 bridgehead atoms. The van der Waals surface area contributed by atoms with E-state index in [-0.39, 0.29) is 30.1 Å². The molecule has 1 N–H and O–H groups in total. The lowest BCUT2D eigenvalue weighted by molar-refractivity contribution is -0.128. The normalized spacial score (nSPS) is 21.9. The van der Waals surface area contributed by atoms with Gasteiger partial charge in [-0.25, -0.2) is 4.39 Å². The van der Waals surface area contributed by atoms with Crippen LogP contribution in [0.1, 0.15) is 18.0 Å². The van der Waals surface area contributed by atoms with Crippen LogP contribution >= 0.6 is 0 Å². The van der Waals surface area contributed by atoms with Crippen LogP contribution in [-0.2, 0) is 9.59 Å². The van der Waals surface area contributed by atoms with Crippen molar-refractivity contribution >= 4 is 11.8 Å². The number of halogens is 1. The molecule has 0 aliphatic carbocycles. The van der Waals surface area contributed by atoms with Gasteiger partial charge in [-0.2, -0.15) is 0 Å². The van der Waals surface area contributed by atoms with Crippen LogP contribution in [0.3, 0.4) is 0 Å². The summed E-state index contributed by atoms with van der Waals surface area (Å²) in [6.07, 6.45) is 1.76. The highest BCUT2D eigenvalue weighted by Crippen LogP contribution is 2.37. The first-order valence-corrected chi connectivity index (χ1v) is 6.44. The highest BCUT2D eigenvalue weighted by molar-refractivity contribution is 5.90. The van der Waals surface area contributed by atoms with E-state index in [1.807, 2.05) is 0 Å². The van der Waals surface area contributed by atoms with Gasteiger partial charge in [-0.05, 0) is 17.7 Å². The second-order valence-electron chi connectivity index (χ2n) is 4.85. The third-order valence-electron chi connectivity index (χ3n) is 3.56. The van der Waals surface area contributed by atoms with Crippen LogP contribution in [0.15, 0.2) is 36.9 Å². The maximum atomic E-state index is 13.0. The lowest BCUT2D eigenvalue weighted by atomic mass is 9.93. The Kier molecular flexibility index (Phi) is 4.17. The Labute approximate surface area is 117 Å². The molecule has 20 heavy (non-hydrogen) atoms. The summed E-state index contributed by atoms with van der Waals surface area (Å²) in [5.74, 6) is -1.07. The Morgan fingerprint density at radius 3 is 2.75 bits per heavy atom. The molecular formula is C15H17FN2O2. The van der Waals surface area contributed by atoms with E-state index in [4.69, 9.17) is 0 Å². The van der Waals surface area contributed by atoms with Crippen molar-refractivity contribution in [3.63, 3.8) is 0 Å². The van der Waals surface area contributed by atoms with Crippen molar-refractivity contribution in [2.24, 2.45) is 5.92 Å². The van der Waals surface area contributed by atoms with Gasteiger partial charge < -0.3 is 10.2 Å². The van der Waals surface area contributed by atoms with Crippen LogP contribution in [0.2, 0.25) is 0 Å². The largest absolute Gasteiger partial charge is 0.352 e. The highest BCUT2D eigenvalue weighted by atomic mass is 19.1. The van der Waals surface area contributed by atoms with Gasteiger partial charge >= 0.3 is 0 Å². The molecule has 4 nitrogen and oxygen atoms in total. The summed E-state index contributed by atoms with van der Waals surface area (Å²) in [5.41, 5.74) is 0.763. The van der Waals surface area contributed by atoms with E-state index in [0.29, 0.717) is 6.54 Å². The third kappa shape index (κ3) is 2.71. The molecule has 1 aromatic carbocycles. The lowest BCUT2D eigenvalue weighted by Gasteiger charge is -2.24. The van der Waals surface area contributed by atoms with E-state index in [9.17, 15) is 14.0 Å². The summed E-state index contributed by atoms with van der Waals surface area (Å²) in [4.78, 5) is 25.5. The quantitative estimate of drug-likeness (QED) is 0.850. The number of nitrogens with zero attached hydrogens (tertiary/aromatic N) is 1. The monoisotopic (exact) mass is 276 g/mol. The van der Waals surface area contributed by atoms with E-state index < -0.39 is 5.92 Å². The molecular weight excluding hydrogens is 259 g/mol. The fourth-order valence-corrected chi connectivity index (χ4v) is 2.52. The van der Waals surface area contributed by atoms with Crippen LogP contribution in [0, 0.1) is 11.7 Å². The number of amides is 2. The van der Waals surface area contributed by atoms with Gasteiger partial charge in [-0.1, -0.05) is 18.2 Å². The molecule has 2 rings (SSSR count). The first-order valence-electron chi connectivity index (χ1n) is 6.44. The van der Waals surface area contributed by atoms with Gasteiger partial charge in [0.1, 0.15) is 5.82 Å². The number of likely N-dealkylation sites (tertiary alicyclic amines) is 1. The molecule has 1 fully saturated rings. The number of hydrogen-bond acceptors (Lipinski definition) is 2. The topological polar surface area (TPSA) is 49.4 Å². The predicted octanol–water partition coefficient (Wildman–Crippen LogP) is 1.65. The van der Waals surface area contributed by atoms with Crippen molar-refractivity contribution in [2.45, 2.75) is 12.5 Å². The van der Waals surface area contributed by atoms with Crippen LogP contribution in [0.25, 0.3) is 0 Å². The minimum absolute atomic E-state index is 0.0851. The van der Waals surface area contributed by atoms with Gasteiger partial charge in [-0.15, -0.1) is 6.58 Å². The van der Waals surface area contributed by atoms with Crippen LogP contribution in [0.5, 0.6) is 0 Å². The molecule has 106 valence electrons. The fraction of sp³-hybridized carbons (Fsp3) is 0.333. The maximum Gasteiger partial charge on any atom is 0.226 e. The van der Waals surface area contributed by atoms with Gasteiger partial charge in [0.15, 0.2) is 0 Å². The van der Waals surface area contributed by atoms with E-state index in [1.165, 1.54) is 12.1 Å². The van der Waals surface area contributed by atoms with Crippen molar-refractivity contribution in [1.82, 2.24) is 10.2 Å². The summed E-state index contributed by atoms with van der Waals surface area (Å²) in [6, 6.07) is 5.55. The zero-order chi connectivity index (χ0) is 14.7. The number of carbonyl (C=O) groups excluding carboxylic acids is 2. The molecule has 0 saturated carbocycles. The smallest absolute Gasteiger partial charge is 0.226 e. The van der Waals surface area contributed by atoms with Crippen molar-refractivity contribution in [3.05, 3.63) is 48.3 Å². The molecule has 2 amide bonds. The van der Waals surface area contributed by atoms with E-state index >= 15 is 0 Å². The minimum atomic E-state index is -0.460. The SMILES string of the molecule is C=CCNC(=O)[C@H]1CC(=O)N(C)[C@H]1c1ccc(F)cc1. The second-order valence-corrected chi connectivity index (χ2v) is 4.85. The molecule has 1 saturated heterocycles. The Morgan fingerprint density at radius 1 is 1.50 bits per heavy atom.